The third kappa shape index (κ3) is 5.80. The Morgan fingerprint density at radius 2 is 1.74 bits per heavy atom. The topological polar surface area (TPSA) is 0 Å². The van der Waals surface area contributed by atoms with Crippen molar-refractivity contribution in [1.82, 2.24) is 0 Å². The zero-order valence-corrected chi connectivity index (χ0v) is 14.5. The van der Waals surface area contributed by atoms with Crippen LogP contribution < -0.4 is 0 Å². The fraction of sp³-hybridized carbons (Fsp3) is 0.684. The van der Waals surface area contributed by atoms with Crippen molar-refractivity contribution in [2.24, 2.45) is 11.3 Å². The lowest BCUT2D eigenvalue weighted by Crippen LogP contribution is -2.23. The van der Waals surface area contributed by atoms with Gasteiger partial charge in [-0.25, -0.2) is 0 Å². The van der Waals surface area contributed by atoms with E-state index in [4.69, 9.17) is 0 Å². The maximum atomic E-state index is 4.02. The first kappa shape index (κ1) is 18.2. The summed E-state index contributed by atoms with van der Waals surface area (Å²) in [7, 11) is 0. The Bertz CT molecular complexity index is 358. The lowest BCUT2D eigenvalue weighted by Gasteiger charge is -2.35. The van der Waals surface area contributed by atoms with Crippen LogP contribution in [0, 0.1) is 11.3 Å². The van der Waals surface area contributed by atoms with E-state index in [1.165, 1.54) is 30.4 Å². The van der Waals surface area contributed by atoms with Gasteiger partial charge in [0.15, 0.2) is 0 Å². The summed E-state index contributed by atoms with van der Waals surface area (Å²) >= 11 is 0. The molecule has 1 rings (SSSR count). The van der Waals surface area contributed by atoms with Gasteiger partial charge in [-0.15, -0.1) is 0 Å². The van der Waals surface area contributed by atoms with E-state index in [1.54, 1.807) is 11.1 Å². The molecule has 0 aromatic heterocycles. The van der Waals surface area contributed by atoms with Crippen LogP contribution in [0.4, 0.5) is 0 Å². The summed E-state index contributed by atoms with van der Waals surface area (Å²) in [5, 5.41) is 0. The first-order chi connectivity index (χ1) is 8.71. The molecule has 19 heavy (non-hydrogen) atoms. The molecule has 0 saturated carbocycles. The fourth-order valence-electron chi connectivity index (χ4n) is 2.40. The van der Waals surface area contributed by atoms with Gasteiger partial charge in [-0.1, -0.05) is 58.4 Å². The summed E-state index contributed by atoms with van der Waals surface area (Å²) in [6, 6.07) is 0. The highest BCUT2D eigenvalue weighted by Crippen LogP contribution is 2.40. The molecule has 0 saturated heterocycles. The van der Waals surface area contributed by atoms with Gasteiger partial charge >= 0.3 is 0 Å². The van der Waals surface area contributed by atoms with E-state index < -0.39 is 0 Å². The van der Waals surface area contributed by atoms with Crippen LogP contribution in [0.15, 0.2) is 34.9 Å². The smallest absolute Gasteiger partial charge is 0.0246 e. The molecule has 0 bridgehead atoms. The van der Waals surface area contributed by atoms with Crippen LogP contribution in [-0.2, 0) is 0 Å². The summed E-state index contributed by atoms with van der Waals surface area (Å²) in [5.41, 5.74) is 6.07. The standard InChI is InChI=1S/C17H28.C2H6/c1-12(2)14(4)10-15-11-16(17(5,6)7)9-8-13(15)3;1-2/h10,16H,1,8-9,11H2,2-7H3;1-2H3/b14-10-;/t16-;/m0./s1. The van der Waals surface area contributed by atoms with Gasteiger partial charge in [0.2, 0.25) is 0 Å². The fourth-order valence-corrected chi connectivity index (χ4v) is 2.40. The Morgan fingerprint density at radius 1 is 1.21 bits per heavy atom. The minimum absolute atomic E-state index is 0.427. The summed E-state index contributed by atoms with van der Waals surface area (Å²) < 4.78 is 0. The molecular weight excluding hydrogens is 228 g/mol. The number of hydrogen-bond acceptors (Lipinski definition) is 0. The monoisotopic (exact) mass is 262 g/mol. The minimum atomic E-state index is 0.427. The SMILES string of the molecule is C=C(C)/C(C)=C\C1=C(C)CC[C@H](C(C)(C)C)C1.CC. The Morgan fingerprint density at radius 3 is 2.16 bits per heavy atom. The molecule has 0 unspecified atom stereocenters. The van der Waals surface area contributed by atoms with E-state index in [0.29, 0.717) is 5.41 Å². The molecule has 1 aliphatic carbocycles. The van der Waals surface area contributed by atoms with E-state index >= 15 is 0 Å². The second kappa shape index (κ2) is 7.72. The quantitative estimate of drug-likeness (QED) is 0.486. The summed E-state index contributed by atoms with van der Waals surface area (Å²) in [4.78, 5) is 0. The molecule has 0 heteroatoms. The van der Waals surface area contributed by atoms with E-state index in [1.807, 2.05) is 13.8 Å². The third-order valence-corrected chi connectivity index (χ3v) is 4.17. The second-order valence-corrected chi connectivity index (χ2v) is 6.72. The van der Waals surface area contributed by atoms with Crippen LogP contribution in [0.25, 0.3) is 0 Å². The van der Waals surface area contributed by atoms with Gasteiger partial charge in [0.1, 0.15) is 0 Å². The summed E-state index contributed by atoms with van der Waals surface area (Å²) in [5.74, 6) is 0.815. The van der Waals surface area contributed by atoms with Crippen molar-refractivity contribution in [3.8, 4) is 0 Å². The maximum Gasteiger partial charge on any atom is -0.0246 e. The predicted octanol–water partition coefficient (Wildman–Crippen LogP) is 6.70. The molecule has 1 atom stereocenters. The molecular formula is C19H34. The summed E-state index contributed by atoms with van der Waals surface area (Å²) in [6.07, 6.45) is 6.20. The summed E-state index contributed by atoms with van der Waals surface area (Å²) in [6.45, 7) is 21.7. The Kier molecular flexibility index (Phi) is 7.41. The molecule has 0 N–H and O–H groups in total. The van der Waals surface area contributed by atoms with E-state index in [-0.39, 0.29) is 0 Å². The molecule has 110 valence electrons. The molecule has 0 aromatic rings. The van der Waals surface area contributed by atoms with Crippen LogP contribution in [0.5, 0.6) is 0 Å². The van der Waals surface area contributed by atoms with Gasteiger partial charge in [-0.05, 0) is 62.5 Å². The highest BCUT2D eigenvalue weighted by Gasteiger charge is 2.28. The normalized spacial score (nSPS) is 20.8. The molecule has 0 nitrogen and oxygen atoms in total. The average Bonchev–Trinajstić information content (AvgIpc) is 2.32. The van der Waals surface area contributed by atoms with E-state index in [0.717, 1.165) is 5.92 Å². The Balaban J connectivity index is 0.00000154. The molecule has 0 radical (unpaired) electrons. The number of rotatable bonds is 2. The molecule has 1 aliphatic rings. The molecule has 0 fully saturated rings. The molecule has 0 aliphatic heterocycles. The van der Waals surface area contributed by atoms with Crippen molar-refractivity contribution < 1.29 is 0 Å². The maximum absolute atomic E-state index is 4.02. The lowest BCUT2D eigenvalue weighted by molar-refractivity contribution is 0.217. The predicted molar refractivity (Wildman–Crippen MR) is 89.4 cm³/mol. The van der Waals surface area contributed by atoms with Crippen LogP contribution in [0.2, 0.25) is 0 Å². The molecule has 0 heterocycles. The lowest BCUT2D eigenvalue weighted by atomic mass is 9.70. The van der Waals surface area contributed by atoms with Crippen LogP contribution in [0.3, 0.4) is 0 Å². The largest absolute Gasteiger partial charge is 0.0958 e. The zero-order chi connectivity index (χ0) is 15.2. The van der Waals surface area contributed by atoms with Gasteiger partial charge < -0.3 is 0 Å². The van der Waals surface area contributed by atoms with Gasteiger partial charge in [0.05, 0.1) is 0 Å². The number of hydrogen-bond donors (Lipinski definition) is 0. The first-order valence-electron chi connectivity index (χ1n) is 7.74. The highest BCUT2D eigenvalue weighted by atomic mass is 14.3. The average molecular weight is 262 g/mol. The zero-order valence-electron chi connectivity index (χ0n) is 14.5. The highest BCUT2D eigenvalue weighted by molar-refractivity contribution is 5.36. The van der Waals surface area contributed by atoms with E-state index in [9.17, 15) is 0 Å². The molecule has 0 amide bonds. The van der Waals surface area contributed by atoms with Gasteiger partial charge in [0, 0.05) is 0 Å². The minimum Gasteiger partial charge on any atom is -0.0958 e. The van der Waals surface area contributed by atoms with Crippen molar-refractivity contribution >= 4 is 0 Å². The van der Waals surface area contributed by atoms with Crippen molar-refractivity contribution in [3.05, 3.63) is 34.9 Å². The van der Waals surface area contributed by atoms with Gasteiger partial charge in [-0.2, -0.15) is 0 Å². The van der Waals surface area contributed by atoms with Crippen LogP contribution in [0.1, 0.15) is 74.7 Å². The van der Waals surface area contributed by atoms with Crippen molar-refractivity contribution in [1.29, 1.82) is 0 Å². The molecule has 0 spiro atoms. The van der Waals surface area contributed by atoms with Crippen molar-refractivity contribution in [2.75, 3.05) is 0 Å². The first-order valence-corrected chi connectivity index (χ1v) is 7.74. The Labute approximate surface area is 121 Å². The second-order valence-electron chi connectivity index (χ2n) is 6.72. The van der Waals surface area contributed by atoms with Gasteiger partial charge in [-0.3, -0.25) is 0 Å². The van der Waals surface area contributed by atoms with Crippen molar-refractivity contribution in [2.45, 2.75) is 74.7 Å². The molecule has 0 aromatic carbocycles. The van der Waals surface area contributed by atoms with Crippen LogP contribution >= 0.6 is 0 Å². The van der Waals surface area contributed by atoms with Gasteiger partial charge in [0.25, 0.3) is 0 Å². The third-order valence-electron chi connectivity index (χ3n) is 4.17. The Hall–Kier alpha value is -0.780. The van der Waals surface area contributed by atoms with Crippen LogP contribution in [-0.4, -0.2) is 0 Å². The van der Waals surface area contributed by atoms with Crippen molar-refractivity contribution in [3.63, 3.8) is 0 Å². The van der Waals surface area contributed by atoms with E-state index in [2.05, 4.69) is 54.2 Å². The number of allylic oxidation sites excluding steroid dienone is 5.